The van der Waals surface area contributed by atoms with Crippen molar-refractivity contribution in [1.29, 1.82) is 0 Å². The highest BCUT2D eigenvalue weighted by Gasteiger charge is 2.27. The summed E-state index contributed by atoms with van der Waals surface area (Å²) < 4.78 is 7.35. The summed E-state index contributed by atoms with van der Waals surface area (Å²) in [5.41, 5.74) is 5.51. The molecule has 0 atom stereocenters. The van der Waals surface area contributed by atoms with Crippen molar-refractivity contribution in [1.82, 2.24) is 19.6 Å². The third-order valence-corrected chi connectivity index (χ3v) is 6.43. The number of carbonyl (C=O) groups is 1. The first-order valence-electron chi connectivity index (χ1n) is 12.0. The van der Waals surface area contributed by atoms with Gasteiger partial charge in [-0.2, -0.15) is 5.10 Å². The fraction of sp³-hybridized carbons (Fsp3) is 0.241. The number of furan rings is 1. The summed E-state index contributed by atoms with van der Waals surface area (Å²) in [4.78, 5) is 18.0. The van der Waals surface area contributed by atoms with E-state index in [4.69, 9.17) is 9.52 Å². The van der Waals surface area contributed by atoms with E-state index < -0.39 is 0 Å². The molecule has 0 aliphatic carbocycles. The van der Waals surface area contributed by atoms with Gasteiger partial charge in [-0.3, -0.25) is 9.69 Å². The maximum absolute atomic E-state index is 13.7. The maximum Gasteiger partial charge on any atom is 0.272 e. The van der Waals surface area contributed by atoms with E-state index in [1.165, 1.54) is 5.56 Å². The summed E-state index contributed by atoms with van der Waals surface area (Å²) in [6, 6.07) is 22.1. The van der Waals surface area contributed by atoms with Crippen LogP contribution < -0.4 is 0 Å². The zero-order chi connectivity index (χ0) is 24.2. The van der Waals surface area contributed by atoms with Crippen molar-refractivity contribution in [2.75, 3.05) is 32.7 Å². The Balaban J connectivity index is 1.33. The summed E-state index contributed by atoms with van der Waals surface area (Å²) in [6.07, 6.45) is 5.97. The van der Waals surface area contributed by atoms with Gasteiger partial charge in [-0.15, -0.1) is 0 Å². The minimum absolute atomic E-state index is 0.00399. The molecule has 0 N–H and O–H groups in total. The van der Waals surface area contributed by atoms with Crippen LogP contribution in [0.1, 0.15) is 27.2 Å². The standard InChI is InChI=1S/C29H30N4O2/c1-22-12-13-23(2)26(20-22)33-27(21-25(30-33)28-11-7-19-35-28)29(34)32-17-15-31(16-18-32)14-6-10-24-8-4-3-5-9-24/h3-13,19-21H,14-18H2,1-2H3. The van der Waals surface area contributed by atoms with Crippen LogP contribution in [-0.2, 0) is 0 Å². The van der Waals surface area contributed by atoms with Crippen molar-refractivity contribution >= 4 is 12.0 Å². The lowest BCUT2D eigenvalue weighted by Crippen LogP contribution is -2.49. The summed E-state index contributed by atoms with van der Waals surface area (Å²) in [5.74, 6) is 0.647. The second kappa shape index (κ2) is 10.2. The van der Waals surface area contributed by atoms with Crippen LogP contribution in [0.5, 0.6) is 0 Å². The molecule has 6 nitrogen and oxygen atoms in total. The first kappa shape index (κ1) is 22.9. The Bertz CT molecular complexity index is 1310. The molecule has 2 aromatic heterocycles. The molecular weight excluding hydrogens is 436 g/mol. The van der Waals surface area contributed by atoms with Crippen LogP contribution >= 0.6 is 0 Å². The molecule has 1 fully saturated rings. The van der Waals surface area contributed by atoms with Crippen LogP contribution in [0.4, 0.5) is 0 Å². The summed E-state index contributed by atoms with van der Waals surface area (Å²) in [6.45, 7) is 8.02. The van der Waals surface area contributed by atoms with Gasteiger partial charge < -0.3 is 9.32 Å². The fourth-order valence-electron chi connectivity index (χ4n) is 4.41. The molecule has 0 unspecified atom stereocenters. The van der Waals surface area contributed by atoms with Crippen LogP contribution in [0.3, 0.4) is 0 Å². The number of amides is 1. The van der Waals surface area contributed by atoms with E-state index in [0.717, 1.165) is 36.4 Å². The molecule has 1 amide bonds. The van der Waals surface area contributed by atoms with Gasteiger partial charge >= 0.3 is 0 Å². The van der Waals surface area contributed by atoms with E-state index >= 15 is 0 Å². The third-order valence-electron chi connectivity index (χ3n) is 6.43. The maximum atomic E-state index is 13.7. The van der Waals surface area contributed by atoms with Crippen molar-refractivity contribution in [2.45, 2.75) is 13.8 Å². The molecule has 178 valence electrons. The molecule has 0 bridgehead atoms. The Morgan fingerprint density at radius 1 is 0.971 bits per heavy atom. The predicted octanol–water partition coefficient (Wildman–Crippen LogP) is 5.22. The van der Waals surface area contributed by atoms with Crippen LogP contribution in [-0.4, -0.2) is 58.2 Å². The molecule has 0 saturated carbocycles. The molecule has 5 rings (SSSR count). The van der Waals surface area contributed by atoms with E-state index in [1.54, 1.807) is 10.9 Å². The molecule has 3 heterocycles. The zero-order valence-electron chi connectivity index (χ0n) is 20.2. The SMILES string of the molecule is Cc1ccc(C)c(-n2nc(-c3ccco3)cc2C(=O)N2CCN(CC=Cc3ccccc3)CC2)c1. The fourth-order valence-corrected chi connectivity index (χ4v) is 4.41. The van der Waals surface area contributed by atoms with Gasteiger partial charge in [0, 0.05) is 38.8 Å². The van der Waals surface area contributed by atoms with E-state index in [2.05, 4.69) is 47.4 Å². The molecule has 4 aromatic rings. The normalized spacial score (nSPS) is 14.6. The van der Waals surface area contributed by atoms with Gasteiger partial charge in [-0.25, -0.2) is 4.68 Å². The number of rotatable bonds is 6. The molecular formula is C29H30N4O2. The molecule has 35 heavy (non-hydrogen) atoms. The number of benzene rings is 2. The first-order chi connectivity index (χ1) is 17.1. The number of hydrogen-bond acceptors (Lipinski definition) is 4. The summed E-state index contributed by atoms with van der Waals surface area (Å²) in [5, 5.41) is 4.78. The lowest BCUT2D eigenvalue weighted by atomic mass is 10.1. The van der Waals surface area contributed by atoms with Gasteiger partial charge in [0.25, 0.3) is 5.91 Å². The van der Waals surface area contributed by atoms with Crippen molar-refractivity contribution in [2.24, 2.45) is 0 Å². The third kappa shape index (κ3) is 5.12. The van der Waals surface area contributed by atoms with Gasteiger partial charge in [0.1, 0.15) is 11.4 Å². The van der Waals surface area contributed by atoms with Crippen molar-refractivity contribution in [3.8, 4) is 17.1 Å². The highest BCUT2D eigenvalue weighted by Crippen LogP contribution is 2.25. The Labute approximate surface area is 206 Å². The highest BCUT2D eigenvalue weighted by atomic mass is 16.3. The molecule has 1 aliphatic rings. The second-order valence-corrected chi connectivity index (χ2v) is 9.00. The van der Waals surface area contributed by atoms with Crippen molar-refractivity contribution in [3.05, 3.63) is 101 Å². The Hall–Kier alpha value is -3.90. The largest absolute Gasteiger partial charge is 0.463 e. The number of aryl methyl sites for hydroxylation is 2. The minimum atomic E-state index is -0.00399. The van der Waals surface area contributed by atoms with Gasteiger partial charge in [0.05, 0.1) is 12.0 Å². The monoisotopic (exact) mass is 466 g/mol. The number of piperazine rings is 1. The average Bonchev–Trinajstić information content (AvgIpc) is 3.57. The molecule has 0 radical (unpaired) electrons. The Morgan fingerprint density at radius 3 is 2.51 bits per heavy atom. The van der Waals surface area contributed by atoms with E-state index in [9.17, 15) is 4.79 Å². The minimum Gasteiger partial charge on any atom is -0.463 e. The molecule has 2 aromatic carbocycles. The highest BCUT2D eigenvalue weighted by molar-refractivity contribution is 5.94. The van der Waals surface area contributed by atoms with Crippen LogP contribution in [0.2, 0.25) is 0 Å². The molecule has 1 saturated heterocycles. The van der Waals surface area contributed by atoms with E-state index in [1.807, 2.05) is 55.1 Å². The van der Waals surface area contributed by atoms with Gasteiger partial charge in [-0.1, -0.05) is 54.6 Å². The Kier molecular flexibility index (Phi) is 6.64. The lowest BCUT2D eigenvalue weighted by molar-refractivity contribution is 0.0641. The van der Waals surface area contributed by atoms with Crippen molar-refractivity contribution in [3.63, 3.8) is 0 Å². The summed E-state index contributed by atoms with van der Waals surface area (Å²) >= 11 is 0. The lowest BCUT2D eigenvalue weighted by Gasteiger charge is -2.34. The molecule has 1 aliphatic heterocycles. The van der Waals surface area contributed by atoms with E-state index in [0.29, 0.717) is 30.2 Å². The van der Waals surface area contributed by atoms with Crippen molar-refractivity contribution < 1.29 is 9.21 Å². The zero-order valence-corrected chi connectivity index (χ0v) is 20.2. The number of nitrogens with zero attached hydrogens (tertiary/aromatic N) is 4. The average molecular weight is 467 g/mol. The Morgan fingerprint density at radius 2 is 1.77 bits per heavy atom. The number of carbonyl (C=O) groups excluding carboxylic acids is 1. The van der Waals surface area contributed by atoms with Crippen LogP contribution in [0.25, 0.3) is 23.2 Å². The quantitative estimate of drug-likeness (QED) is 0.391. The summed E-state index contributed by atoms with van der Waals surface area (Å²) in [7, 11) is 0. The number of hydrogen-bond donors (Lipinski definition) is 0. The first-order valence-corrected chi connectivity index (χ1v) is 12.0. The predicted molar refractivity (Wildman–Crippen MR) is 139 cm³/mol. The van der Waals surface area contributed by atoms with Gasteiger partial charge in [0.15, 0.2) is 5.76 Å². The van der Waals surface area contributed by atoms with Crippen LogP contribution in [0.15, 0.2) is 83.5 Å². The van der Waals surface area contributed by atoms with Crippen LogP contribution in [0, 0.1) is 13.8 Å². The smallest absolute Gasteiger partial charge is 0.272 e. The topological polar surface area (TPSA) is 54.5 Å². The molecule has 6 heteroatoms. The van der Waals surface area contributed by atoms with E-state index in [-0.39, 0.29) is 5.91 Å². The van der Waals surface area contributed by atoms with Gasteiger partial charge in [-0.05, 0) is 48.7 Å². The molecule has 0 spiro atoms. The number of aromatic nitrogens is 2. The second-order valence-electron chi connectivity index (χ2n) is 9.00. The van der Waals surface area contributed by atoms with Gasteiger partial charge in [0.2, 0.25) is 0 Å².